The Morgan fingerprint density at radius 2 is 1.46 bits per heavy atom. The molecule has 0 spiro atoms. The molecule has 3 aromatic carbocycles. The molecule has 0 aliphatic carbocycles. The number of amides is 2. The first-order valence-corrected chi connectivity index (χ1v) is 15.4. The largest absolute Gasteiger partial charge is 0.350 e. The Bertz CT molecular complexity index is 1510. The van der Waals surface area contributed by atoms with Crippen LogP contribution >= 0.6 is 23.2 Å². The second kappa shape index (κ2) is 12.8. The Hall–Kier alpha value is -3.07. The highest BCUT2D eigenvalue weighted by Gasteiger charge is 2.34. The zero-order valence-electron chi connectivity index (χ0n) is 24.5. The van der Waals surface area contributed by atoms with Gasteiger partial charge in [0.1, 0.15) is 12.6 Å². The number of anilines is 1. The molecule has 0 aliphatic heterocycles. The number of halogens is 2. The number of carbonyl (C=O) groups is 2. The minimum atomic E-state index is -4.17. The Morgan fingerprint density at radius 3 is 2.02 bits per heavy atom. The molecule has 220 valence electrons. The van der Waals surface area contributed by atoms with Crippen LogP contribution in [0.4, 0.5) is 5.69 Å². The highest BCUT2D eigenvalue weighted by Crippen LogP contribution is 2.30. The molecule has 0 radical (unpaired) electrons. The third kappa shape index (κ3) is 7.82. The average molecular weight is 619 g/mol. The van der Waals surface area contributed by atoms with E-state index >= 15 is 0 Å². The van der Waals surface area contributed by atoms with Crippen molar-refractivity contribution in [2.45, 2.75) is 71.5 Å². The summed E-state index contributed by atoms with van der Waals surface area (Å²) in [6, 6.07) is 15.8. The summed E-state index contributed by atoms with van der Waals surface area (Å²) < 4.78 is 29.2. The number of rotatable bonds is 9. The number of hydrogen-bond acceptors (Lipinski definition) is 4. The molecule has 0 saturated carbocycles. The maximum Gasteiger partial charge on any atom is 0.264 e. The van der Waals surface area contributed by atoms with Crippen molar-refractivity contribution in [3.63, 3.8) is 0 Å². The van der Waals surface area contributed by atoms with Gasteiger partial charge in [0.25, 0.3) is 10.0 Å². The standard InChI is InChI=1S/C31H37Cl2N3O4S/c1-20-14-16-24(17-15-20)41(39,40)36(28-13-8-10-21(2)22(28)3)19-29(37)35(23(4)30(38)34-31(5,6)7)18-25-26(32)11-9-12-27(25)33/h8-17,23H,18-19H2,1-7H3,(H,34,38)/t23-/m1/s1. The van der Waals surface area contributed by atoms with Gasteiger partial charge >= 0.3 is 0 Å². The van der Waals surface area contributed by atoms with Gasteiger partial charge in [-0.25, -0.2) is 8.42 Å². The van der Waals surface area contributed by atoms with E-state index in [1.165, 1.54) is 17.0 Å². The molecule has 3 rings (SSSR count). The third-order valence-corrected chi connectivity index (χ3v) is 9.27. The van der Waals surface area contributed by atoms with Gasteiger partial charge in [-0.15, -0.1) is 0 Å². The number of aryl methyl sites for hydroxylation is 2. The van der Waals surface area contributed by atoms with E-state index < -0.39 is 40.0 Å². The van der Waals surface area contributed by atoms with Crippen LogP contribution < -0.4 is 9.62 Å². The number of nitrogens with zero attached hydrogens (tertiary/aromatic N) is 2. The SMILES string of the molecule is Cc1ccc(S(=O)(=O)N(CC(=O)N(Cc2c(Cl)cccc2Cl)[C@H](C)C(=O)NC(C)(C)C)c2cccc(C)c2C)cc1. The highest BCUT2D eigenvalue weighted by atomic mass is 35.5. The van der Waals surface area contributed by atoms with Gasteiger partial charge in [0.15, 0.2) is 0 Å². The van der Waals surface area contributed by atoms with Crippen molar-refractivity contribution in [1.29, 1.82) is 0 Å². The van der Waals surface area contributed by atoms with E-state index in [1.54, 1.807) is 49.4 Å². The molecule has 1 N–H and O–H groups in total. The van der Waals surface area contributed by atoms with E-state index in [2.05, 4.69) is 5.32 Å². The van der Waals surface area contributed by atoms with Crippen molar-refractivity contribution in [1.82, 2.24) is 10.2 Å². The van der Waals surface area contributed by atoms with Crippen molar-refractivity contribution < 1.29 is 18.0 Å². The van der Waals surface area contributed by atoms with E-state index in [1.807, 2.05) is 47.6 Å². The molecular formula is C31H37Cl2N3O4S. The molecule has 7 nitrogen and oxygen atoms in total. The Labute approximate surface area is 253 Å². The fourth-order valence-corrected chi connectivity index (χ4v) is 6.26. The zero-order valence-corrected chi connectivity index (χ0v) is 26.8. The molecule has 3 aromatic rings. The first kappa shape index (κ1) is 32.4. The number of carbonyl (C=O) groups excluding carboxylic acids is 2. The van der Waals surface area contributed by atoms with Crippen LogP contribution in [0.3, 0.4) is 0 Å². The number of nitrogens with one attached hydrogen (secondary N) is 1. The van der Waals surface area contributed by atoms with Crippen molar-refractivity contribution in [2.75, 3.05) is 10.8 Å². The maximum atomic E-state index is 14.1. The third-order valence-electron chi connectivity index (χ3n) is 6.79. The molecule has 1 atom stereocenters. The molecule has 0 bridgehead atoms. The summed E-state index contributed by atoms with van der Waals surface area (Å²) >= 11 is 12.9. The summed E-state index contributed by atoms with van der Waals surface area (Å²) in [5.74, 6) is -0.983. The van der Waals surface area contributed by atoms with Crippen molar-refractivity contribution in [3.05, 3.63) is 93.0 Å². The molecule has 2 amide bonds. The summed E-state index contributed by atoms with van der Waals surface area (Å²) in [6.07, 6.45) is 0. The molecule has 0 aliphatic rings. The summed E-state index contributed by atoms with van der Waals surface area (Å²) in [7, 11) is -4.17. The second-order valence-corrected chi connectivity index (χ2v) is 13.9. The number of sulfonamides is 1. The van der Waals surface area contributed by atoms with Crippen LogP contribution in [0.25, 0.3) is 0 Å². The van der Waals surface area contributed by atoms with Gasteiger partial charge in [-0.1, -0.05) is 59.1 Å². The van der Waals surface area contributed by atoms with Crippen LogP contribution in [0.15, 0.2) is 65.6 Å². The first-order chi connectivity index (χ1) is 19.0. The van der Waals surface area contributed by atoms with Crippen molar-refractivity contribution in [2.24, 2.45) is 0 Å². The molecule has 0 heterocycles. The lowest BCUT2D eigenvalue weighted by atomic mass is 10.1. The van der Waals surface area contributed by atoms with Gasteiger partial charge in [0.05, 0.1) is 10.6 Å². The topological polar surface area (TPSA) is 86.8 Å². The van der Waals surface area contributed by atoms with E-state index in [-0.39, 0.29) is 11.4 Å². The fourth-order valence-electron chi connectivity index (χ4n) is 4.27. The summed E-state index contributed by atoms with van der Waals surface area (Å²) in [5, 5.41) is 3.56. The summed E-state index contributed by atoms with van der Waals surface area (Å²) in [6.45, 7) is 12.0. The predicted molar refractivity (Wildman–Crippen MR) is 166 cm³/mol. The van der Waals surface area contributed by atoms with Gasteiger partial charge in [0.2, 0.25) is 11.8 Å². The average Bonchev–Trinajstić information content (AvgIpc) is 2.87. The smallest absolute Gasteiger partial charge is 0.264 e. The Kier molecular flexibility index (Phi) is 10.2. The van der Waals surface area contributed by atoms with Crippen LogP contribution in [-0.2, 0) is 26.2 Å². The van der Waals surface area contributed by atoms with Gasteiger partial charge in [0, 0.05) is 27.7 Å². The van der Waals surface area contributed by atoms with Crippen molar-refractivity contribution in [3.8, 4) is 0 Å². The molecule has 0 aromatic heterocycles. The first-order valence-electron chi connectivity index (χ1n) is 13.2. The van der Waals surface area contributed by atoms with Crippen LogP contribution in [0, 0.1) is 20.8 Å². The maximum absolute atomic E-state index is 14.1. The van der Waals surface area contributed by atoms with Gasteiger partial charge in [-0.05, 0) is 89.9 Å². The number of benzene rings is 3. The van der Waals surface area contributed by atoms with Gasteiger partial charge in [-0.3, -0.25) is 13.9 Å². The molecule has 41 heavy (non-hydrogen) atoms. The van der Waals surface area contributed by atoms with E-state index in [0.717, 1.165) is 21.0 Å². The number of hydrogen-bond donors (Lipinski definition) is 1. The minimum Gasteiger partial charge on any atom is -0.350 e. The van der Waals surface area contributed by atoms with Gasteiger partial charge in [-0.2, -0.15) is 0 Å². The fraction of sp³-hybridized carbons (Fsp3) is 0.355. The minimum absolute atomic E-state index is 0.0519. The summed E-state index contributed by atoms with van der Waals surface area (Å²) in [4.78, 5) is 28.8. The Balaban J connectivity index is 2.12. The lowest BCUT2D eigenvalue weighted by Gasteiger charge is -2.34. The normalized spacial score (nSPS) is 12.5. The van der Waals surface area contributed by atoms with Crippen LogP contribution in [0.1, 0.15) is 49.9 Å². The monoisotopic (exact) mass is 617 g/mol. The predicted octanol–water partition coefficient (Wildman–Crippen LogP) is 6.45. The van der Waals surface area contributed by atoms with Crippen LogP contribution in [0.2, 0.25) is 10.0 Å². The quantitative estimate of drug-likeness (QED) is 0.299. The lowest BCUT2D eigenvalue weighted by Crippen LogP contribution is -2.54. The lowest BCUT2D eigenvalue weighted by molar-refractivity contribution is -0.140. The molecule has 0 saturated heterocycles. The summed E-state index contributed by atoms with van der Waals surface area (Å²) in [5.41, 5.74) is 2.77. The molecular weight excluding hydrogens is 581 g/mol. The van der Waals surface area contributed by atoms with Crippen LogP contribution in [0.5, 0.6) is 0 Å². The Morgan fingerprint density at radius 1 is 0.902 bits per heavy atom. The molecule has 0 fully saturated rings. The van der Waals surface area contributed by atoms with E-state index in [4.69, 9.17) is 23.2 Å². The van der Waals surface area contributed by atoms with Gasteiger partial charge < -0.3 is 10.2 Å². The van der Waals surface area contributed by atoms with E-state index in [9.17, 15) is 18.0 Å². The second-order valence-electron chi connectivity index (χ2n) is 11.2. The zero-order chi connectivity index (χ0) is 30.7. The molecule has 0 unspecified atom stereocenters. The van der Waals surface area contributed by atoms with Crippen molar-refractivity contribution >= 4 is 50.7 Å². The van der Waals surface area contributed by atoms with E-state index in [0.29, 0.717) is 21.3 Å². The van der Waals surface area contributed by atoms with Crippen LogP contribution in [-0.4, -0.2) is 43.3 Å². The molecule has 10 heteroatoms. The highest BCUT2D eigenvalue weighted by molar-refractivity contribution is 7.92.